The van der Waals surface area contributed by atoms with Crippen LogP contribution >= 0.6 is 0 Å². The Bertz CT molecular complexity index is 765. The molecule has 20 heavy (non-hydrogen) atoms. The largest absolute Gasteiger partial charge is 0.379 e. The zero-order valence-electron chi connectivity index (χ0n) is 10.9. The lowest BCUT2D eigenvalue weighted by atomic mass is 10.2. The van der Waals surface area contributed by atoms with Crippen LogP contribution in [0.1, 0.15) is 5.69 Å². The average molecular weight is 273 g/mol. The Morgan fingerprint density at radius 1 is 1.10 bits per heavy atom. The van der Waals surface area contributed by atoms with Crippen molar-refractivity contribution in [3.8, 4) is 0 Å². The molecule has 0 radical (unpaired) electrons. The maximum atomic E-state index is 13.1. The van der Waals surface area contributed by atoms with Gasteiger partial charge in [-0.2, -0.15) is 5.10 Å². The minimum Gasteiger partial charge on any atom is -0.379 e. The third-order valence-corrected chi connectivity index (χ3v) is 3.21. The van der Waals surface area contributed by atoms with Crippen molar-refractivity contribution in [2.45, 2.75) is 6.54 Å². The van der Waals surface area contributed by atoms with E-state index >= 15 is 0 Å². The predicted molar refractivity (Wildman–Crippen MR) is 74.4 cm³/mol. The predicted octanol–water partition coefficient (Wildman–Crippen LogP) is 3.46. The molecular weight excluding hydrogens is 260 g/mol. The Morgan fingerprint density at radius 2 is 1.90 bits per heavy atom. The molecule has 3 aromatic rings. The van der Waals surface area contributed by atoms with E-state index in [0.29, 0.717) is 12.2 Å². The van der Waals surface area contributed by atoms with Gasteiger partial charge in [-0.1, -0.05) is 18.2 Å². The Labute approximate surface area is 114 Å². The van der Waals surface area contributed by atoms with E-state index in [-0.39, 0.29) is 0 Å². The van der Waals surface area contributed by atoms with Crippen molar-refractivity contribution in [2.75, 3.05) is 5.32 Å². The minimum absolute atomic E-state index is 0.451. The van der Waals surface area contributed by atoms with Gasteiger partial charge in [0.05, 0.1) is 17.8 Å². The molecule has 0 spiro atoms. The highest BCUT2D eigenvalue weighted by Crippen LogP contribution is 2.19. The van der Waals surface area contributed by atoms with Gasteiger partial charge in [-0.05, 0) is 18.2 Å². The summed E-state index contributed by atoms with van der Waals surface area (Å²) < 4.78 is 27.8. The lowest BCUT2D eigenvalue weighted by molar-refractivity contribution is 0.509. The van der Waals surface area contributed by atoms with Gasteiger partial charge in [0, 0.05) is 24.2 Å². The molecule has 0 atom stereocenters. The molecule has 102 valence electrons. The summed E-state index contributed by atoms with van der Waals surface area (Å²) in [6, 6.07) is 11.6. The first-order chi connectivity index (χ1) is 9.65. The molecule has 5 heteroatoms. The Kier molecular flexibility index (Phi) is 3.10. The van der Waals surface area contributed by atoms with Crippen molar-refractivity contribution < 1.29 is 8.78 Å². The molecule has 0 saturated carbocycles. The zero-order chi connectivity index (χ0) is 14.1. The fourth-order valence-corrected chi connectivity index (χ4v) is 2.21. The number of halogens is 2. The summed E-state index contributed by atoms with van der Waals surface area (Å²) in [6.45, 7) is 0.451. The molecule has 2 aromatic carbocycles. The van der Waals surface area contributed by atoms with Gasteiger partial charge in [-0.3, -0.25) is 4.68 Å². The molecule has 0 saturated heterocycles. The standard InChI is InChI=1S/C15H13F2N3/c1-20-15-5-3-2-4-11(15)14(19-20)9-18-10-6-7-12(16)13(17)8-10/h2-8,18H,9H2,1H3. The maximum Gasteiger partial charge on any atom is 0.160 e. The van der Waals surface area contributed by atoms with Gasteiger partial charge < -0.3 is 5.32 Å². The number of benzene rings is 2. The number of nitrogens with one attached hydrogen (secondary N) is 1. The zero-order valence-corrected chi connectivity index (χ0v) is 10.9. The molecule has 0 fully saturated rings. The van der Waals surface area contributed by atoms with Crippen LogP contribution in [0.3, 0.4) is 0 Å². The number of rotatable bonds is 3. The van der Waals surface area contributed by atoms with Crippen LogP contribution < -0.4 is 5.32 Å². The number of anilines is 1. The van der Waals surface area contributed by atoms with Crippen LogP contribution in [0.15, 0.2) is 42.5 Å². The van der Waals surface area contributed by atoms with Crippen molar-refractivity contribution in [3.63, 3.8) is 0 Å². The molecule has 0 aliphatic heterocycles. The Morgan fingerprint density at radius 3 is 2.70 bits per heavy atom. The number of aromatic nitrogens is 2. The normalized spacial score (nSPS) is 10.9. The van der Waals surface area contributed by atoms with Gasteiger partial charge in [0.1, 0.15) is 0 Å². The summed E-state index contributed by atoms with van der Waals surface area (Å²) in [6.07, 6.45) is 0. The summed E-state index contributed by atoms with van der Waals surface area (Å²) in [5, 5.41) is 8.53. The molecule has 0 unspecified atom stereocenters. The van der Waals surface area contributed by atoms with E-state index in [0.717, 1.165) is 28.7 Å². The summed E-state index contributed by atoms with van der Waals surface area (Å²) >= 11 is 0. The molecule has 1 N–H and O–H groups in total. The first kappa shape index (κ1) is 12.6. The highest BCUT2D eigenvalue weighted by atomic mass is 19.2. The fourth-order valence-electron chi connectivity index (χ4n) is 2.21. The molecule has 0 aliphatic rings. The highest BCUT2D eigenvalue weighted by Gasteiger charge is 2.08. The van der Waals surface area contributed by atoms with Crippen molar-refractivity contribution in [1.29, 1.82) is 0 Å². The van der Waals surface area contributed by atoms with E-state index in [4.69, 9.17) is 0 Å². The van der Waals surface area contributed by atoms with Gasteiger partial charge in [-0.25, -0.2) is 8.78 Å². The average Bonchev–Trinajstić information content (AvgIpc) is 2.78. The van der Waals surface area contributed by atoms with E-state index in [1.807, 2.05) is 31.3 Å². The number of hydrogen-bond acceptors (Lipinski definition) is 2. The topological polar surface area (TPSA) is 29.9 Å². The van der Waals surface area contributed by atoms with Crippen molar-refractivity contribution >= 4 is 16.6 Å². The molecule has 3 rings (SSSR count). The summed E-state index contributed by atoms with van der Waals surface area (Å²) in [7, 11) is 1.88. The van der Waals surface area contributed by atoms with Gasteiger partial charge in [-0.15, -0.1) is 0 Å². The second-order valence-electron chi connectivity index (χ2n) is 4.57. The Hall–Kier alpha value is -2.43. The summed E-state index contributed by atoms with van der Waals surface area (Å²) in [5.74, 6) is -1.71. The Balaban J connectivity index is 1.85. The van der Waals surface area contributed by atoms with E-state index in [2.05, 4.69) is 10.4 Å². The van der Waals surface area contributed by atoms with Crippen LogP contribution in [-0.4, -0.2) is 9.78 Å². The third-order valence-electron chi connectivity index (χ3n) is 3.21. The van der Waals surface area contributed by atoms with Crippen LogP contribution in [-0.2, 0) is 13.6 Å². The quantitative estimate of drug-likeness (QED) is 0.792. The number of fused-ring (bicyclic) bond motifs is 1. The number of nitrogens with zero attached hydrogens (tertiary/aromatic N) is 2. The SMILES string of the molecule is Cn1nc(CNc2ccc(F)c(F)c2)c2ccccc21. The monoisotopic (exact) mass is 273 g/mol. The van der Waals surface area contributed by atoms with Crippen LogP contribution in [0.2, 0.25) is 0 Å². The van der Waals surface area contributed by atoms with Crippen LogP contribution in [0.4, 0.5) is 14.5 Å². The first-order valence-electron chi connectivity index (χ1n) is 6.24. The summed E-state index contributed by atoms with van der Waals surface area (Å²) in [5.41, 5.74) is 2.43. The molecule has 0 bridgehead atoms. The van der Waals surface area contributed by atoms with Crippen molar-refractivity contribution in [2.24, 2.45) is 7.05 Å². The minimum atomic E-state index is -0.860. The molecule has 3 nitrogen and oxygen atoms in total. The molecular formula is C15H13F2N3. The molecule has 1 aromatic heterocycles. The summed E-state index contributed by atoms with van der Waals surface area (Å²) in [4.78, 5) is 0. The lowest BCUT2D eigenvalue weighted by Gasteiger charge is -2.05. The first-order valence-corrected chi connectivity index (χ1v) is 6.24. The second kappa shape index (κ2) is 4.92. The van der Waals surface area contributed by atoms with Gasteiger partial charge in [0.2, 0.25) is 0 Å². The third kappa shape index (κ3) is 2.22. The maximum absolute atomic E-state index is 13.1. The van der Waals surface area contributed by atoms with Crippen molar-refractivity contribution in [1.82, 2.24) is 9.78 Å². The van der Waals surface area contributed by atoms with E-state index in [1.165, 1.54) is 6.07 Å². The van der Waals surface area contributed by atoms with Crippen LogP contribution in [0.25, 0.3) is 10.9 Å². The van der Waals surface area contributed by atoms with Gasteiger partial charge in [0.15, 0.2) is 11.6 Å². The van der Waals surface area contributed by atoms with Crippen LogP contribution in [0.5, 0.6) is 0 Å². The van der Waals surface area contributed by atoms with E-state index in [1.54, 1.807) is 4.68 Å². The smallest absolute Gasteiger partial charge is 0.160 e. The van der Waals surface area contributed by atoms with E-state index in [9.17, 15) is 8.78 Å². The lowest BCUT2D eigenvalue weighted by Crippen LogP contribution is -2.02. The fraction of sp³-hybridized carbons (Fsp3) is 0.133. The molecule has 0 aliphatic carbocycles. The van der Waals surface area contributed by atoms with E-state index < -0.39 is 11.6 Å². The second-order valence-corrected chi connectivity index (χ2v) is 4.57. The van der Waals surface area contributed by atoms with Gasteiger partial charge >= 0.3 is 0 Å². The molecule has 1 heterocycles. The van der Waals surface area contributed by atoms with Gasteiger partial charge in [0.25, 0.3) is 0 Å². The number of para-hydroxylation sites is 1. The molecule has 0 amide bonds. The highest BCUT2D eigenvalue weighted by molar-refractivity contribution is 5.82. The van der Waals surface area contributed by atoms with Crippen molar-refractivity contribution in [3.05, 3.63) is 59.8 Å². The number of aryl methyl sites for hydroxylation is 1. The number of hydrogen-bond donors (Lipinski definition) is 1. The van der Waals surface area contributed by atoms with Crippen LogP contribution in [0, 0.1) is 11.6 Å².